The summed E-state index contributed by atoms with van der Waals surface area (Å²) >= 11 is 0. The zero-order valence-corrected chi connectivity index (χ0v) is 13.9. The molecular formula is C19H23N3O2. The molecule has 1 N–H and O–H groups in total. The molecule has 3 rings (SSSR count). The van der Waals surface area contributed by atoms with Gasteiger partial charge in [-0.05, 0) is 37.4 Å². The van der Waals surface area contributed by atoms with Crippen LogP contribution in [-0.2, 0) is 6.54 Å². The first-order valence-electron chi connectivity index (χ1n) is 8.39. The fourth-order valence-corrected chi connectivity index (χ4v) is 3.26. The second-order valence-corrected chi connectivity index (χ2v) is 6.46. The first-order chi connectivity index (χ1) is 11.6. The molecule has 1 fully saturated rings. The molecule has 0 aromatic heterocycles. The highest BCUT2D eigenvalue weighted by molar-refractivity contribution is 5.57. The van der Waals surface area contributed by atoms with Crippen LogP contribution in [0.4, 0.5) is 11.4 Å². The lowest BCUT2D eigenvalue weighted by Crippen LogP contribution is -2.41. The highest BCUT2D eigenvalue weighted by atomic mass is 16.6. The van der Waals surface area contributed by atoms with E-state index in [1.807, 2.05) is 19.1 Å². The molecule has 5 heteroatoms. The summed E-state index contributed by atoms with van der Waals surface area (Å²) in [6.45, 7) is 4.99. The molecule has 1 heterocycles. The standard InChI is InChI=1S/C19H23N3O2/c1-15-9-10-18(22(23)24)12-19(15)20-17-8-5-11-21(14-17)13-16-6-3-2-4-7-16/h2-4,6-7,9-10,12,17,20H,5,8,11,13-14H2,1H3. The van der Waals surface area contributed by atoms with Crippen LogP contribution in [0, 0.1) is 17.0 Å². The lowest BCUT2D eigenvalue weighted by Gasteiger charge is -2.34. The quantitative estimate of drug-likeness (QED) is 0.667. The Kier molecular flexibility index (Phi) is 5.11. The van der Waals surface area contributed by atoms with Crippen molar-refractivity contribution in [3.63, 3.8) is 0 Å². The largest absolute Gasteiger partial charge is 0.381 e. The van der Waals surface area contributed by atoms with Gasteiger partial charge in [0.15, 0.2) is 0 Å². The van der Waals surface area contributed by atoms with Crippen molar-refractivity contribution in [2.45, 2.75) is 32.4 Å². The molecule has 24 heavy (non-hydrogen) atoms. The Morgan fingerprint density at radius 3 is 2.79 bits per heavy atom. The van der Waals surface area contributed by atoms with Gasteiger partial charge in [0.25, 0.3) is 5.69 Å². The number of nitro groups is 1. The number of benzene rings is 2. The molecule has 5 nitrogen and oxygen atoms in total. The van der Waals surface area contributed by atoms with E-state index in [1.54, 1.807) is 12.1 Å². The van der Waals surface area contributed by atoms with Gasteiger partial charge in [-0.2, -0.15) is 0 Å². The van der Waals surface area contributed by atoms with Gasteiger partial charge in [-0.25, -0.2) is 0 Å². The average Bonchev–Trinajstić information content (AvgIpc) is 2.58. The molecule has 0 amide bonds. The van der Waals surface area contributed by atoms with Crippen molar-refractivity contribution in [1.29, 1.82) is 0 Å². The van der Waals surface area contributed by atoms with Gasteiger partial charge in [0, 0.05) is 37.0 Å². The number of nitro benzene ring substituents is 1. The minimum absolute atomic E-state index is 0.139. The van der Waals surface area contributed by atoms with Crippen molar-refractivity contribution in [3.05, 3.63) is 69.8 Å². The summed E-state index contributed by atoms with van der Waals surface area (Å²) in [6.07, 6.45) is 2.23. The minimum atomic E-state index is -0.340. The number of piperidine rings is 1. The summed E-state index contributed by atoms with van der Waals surface area (Å²) in [5.41, 5.74) is 3.38. The molecule has 1 saturated heterocycles. The first kappa shape index (κ1) is 16.5. The third-order valence-corrected chi connectivity index (χ3v) is 4.55. The lowest BCUT2D eigenvalue weighted by atomic mass is 10.0. The molecule has 0 aliphatic carbocycles. The monoisotopic (exact) mass is 325 g/mol. The average molecular weight is 325 g/mol. The number of hydrogen-bond donors (Lipinski definition) is 1. The molecule has 0 bridgehead atoms. The van der Waals surface area contributed by atoms with Crippen molar-refractivity contribution in [2.75, 3.05) is 18.4 Å². The third-order valence-electron chi connectivity index (χ3n) is 4.55. The molecular weight excluding hydrogens is 302 g/mol. The van der Waals surface area contributed by atoms with Crippen LogP contribution in [-0.4, -0.2) is 29.0 Å². The van der Waals surface area contributed by atoms with Crippen LogP contribution in [0.15, 0.2) is 48.5 Å². The molecule has 0 spiro atoms. The molecule has 0 saturated carbocycles. The molecule has 2 aromatic rings. The molecule has 1 unspecified atom stereocenters. The van der Waals surface area contributed by atoms with Crippen molar-refractivity contribution < 1.29 is 4.92 Å². The number of nitrogens with zero attached hydrogens (tertiary/aromatic N) is 2. The van der Waals surface area contributed by atoms with E-state index in [0.717, 1.165) is 43.7 Å². The van der Waals surface area contributed by atoms with Gasteiger partial charge in [0.2, 0.25) is 0 Å². The molecule has 1 aliphatic heterocycles. The summed E-state index contributed by atoms with van der Waals surface area (Å²) < 4.78 is 0. The maximum atomic E-state index is 11.0. The van der Waals surface area contributed by atoms with Crippen LogP contribution in [0.3, 0.4) is 0 Å². The van der Waals surface area contributed by atoms with Crippen LogP contribution in [0.2, 0.25) is 0 Å². The van der Waals surface area contributed by atoms with Crippen LogP contribution in [0.1, 0.15) is 24.0 Å². The predicted molar refractivity (Wildman–Crippen MR) is 96.2 cm³/mol. The Hall–Kier alpha value is -2.40. The van der Waals surface area contributed by atoms with Gasteiger partial charge in [-0.3, -0.25) is 15.0 Å². The van der Waals surface area contributed by atoms with Crippen LogP contribution < -0.4 is 5.32 Å². The van der Waals surface area contributed by atoms with Crippen molar-refractivity contribution >= 4 is 11.4 Å². The molecule has 126 valence electrons. The molecule has 1 atom stereocenters. The third kappa shape index (κ3) is 4.11. The highest BCUT2D eigenvalue weighted by Crippen LogP contribution is 2.24. The van der Waals surface area contributed by atoms with E-state index in [4.69, 9.17) is 0 Å². The van der Waals surface area contributed by atoms with Gasteiger partial charge < -0.3 is 5.32 Å². The predicted octanol–water partition coefficient (Wildman–Crippen LogP) is 3.98. The topological polar surface area (TPSA) is 58.4 Å². The van der Waals surface area contributed by atoms with Crippen LogP contribution in [0.5, 0.6) is 0 Å². The summed E-state index contributed by atoms with van der Waals surface area (Å²) in [5, 5.41) is 14.5. The smallest absolute Gasteiger partial charge is 0.271 e. The second kappa shape index (κ2) is 7.45. The highest BCUT2D eigenvalue weighted by Gasteiger charge is 2.21. The summed E-state index contributed by atoms with van der Waals surface area (Å²) in [6, 6.07) is 15.8. The Balaban J connectivity index is 1.65. The minimum Gasteiger partial charge on any atom is -0.381 e. The SMILES string of the molecule is Cc1ccc([N+](=O)[O-])cc1NC1CCCN(Cc2ccccc2)C1. The van der Waals surface area contributed by atoms with Gasteiger partial charge >= 0.3 is 0 Å². The Bertz CT molecular complexity index is 703. The number of anilines is 1. The normalized spacial score (nSPS) is 18.3. The van der Waals surface area contributed by atoms with Crippen molar-refractivity contribution in [1.82, 2.24) is 4.90 Å². The van der Waals surface area contributed by atoms with E-state index >= 15 is 0 Å². The van der Waals surface area contributed by atoms with E-state index in [1.165, 1.54) is 5.56 Å². The molecule has 2 aromatic carbocycles. The zero-order valence-electron chi connectivity index (χ0n) is 13.9. The van der Waals surface area contributed by atoms with E-state index in [9.17, 15) is 10.1 Å². The van der Waals surface area contributed by atoms with E-state index in [2.05, 4.69) is 34.5 Å². The van der Waals surface area contributed by atoms with E-state index < -0.39 is 0 Å². The zero-order chi connectivity index (χ0) is 16.9. The van der Waals surface area contributed by atoms with Gasteiger partial charge in [0.1, 0.15) is 0 Å². The lowest BCUT2D eigenvalue weighted by molar-refractivity contribution is -0.384. The van der Waals surface area contributed by atoms with Gasteiger partial charge in [0.05, 0.1) is 4.92 Å². The van der Waals surface area contributed by atoms with Gasteiger partial charge in [-0.1, -0.05) is 36.4 Å². The number of aryl methyl sites for hydroxylation is 1. The maximum absolute atomic E-state index is 11.0. The second-order valence-electron chi connectivity index (χ2n) is 6.46. The number of nitrogens with one attached hydrogen (secondary N) is 1. The summed E-state index contributed by atoms with van der Waals surface area (Å²) in [7, 11) is 0. The number of likely N-dealkylation sites (tertiary alicyclic amines) is 1. The summed E-state index contributed by atoms with van der Waals surface area (Å²) in [4.78, 5) is 13.1. The Labute approximate surface area is 142 Å². The van der Waals surface area contributed by atoms with Gasteiger partial charge in [-0.15, -0.1) is 0 Å². The maximum Gasteiger partial charge on any atom is 0.271 e. The van der Waals surface area contributed by atoms with Crippen molar-refractivity contribution in [3.8, 4) is 0 Å². The van der Waals surface area contributed by atoms with E-state index in [-0.39, 0.29) is 10.6 Å². The van der Waals surface area contributed by atoms with E-state index in [0.29, 0.717) is 6.04 Å². The number of hydrogen-bond acceptors (Lipinski definition) is 4. The molecule has 1 aliphatic rings. The summed E-state index contributed by atoms with van der Waals surface area (Å²) in [5.74, 6) is 0. The van der Waals surface area contributed by atoms with Crippen molar-refractivity contribution in [2.24, 2.45) is 0 Å². The number of non-ortho nitro benzene ring substituents is 1. The first-order valence-corrected chi connectivity index (χ1v) is 8.39. The Morgan fingerprint density at radius 1 is 1.25 bits per heavy atom. The molecule has 0 radical (unpaired) electrons. The Morgan fingerprint density at radius 2 is 2.04 bits per heavy atom. The number of rotatable bonds is 5. The van der Waals surface area contributed by atoms with Crippen LogP contribution >= 0.6 is 0 Å². The fourth-order valence-electron chi connectivity index (χ4n) is 3.26. The fraction of sp³-hybridized carbons (Fsp3) is 0.368. The van der Waals surface area contributed by atoms with Crippen LogP contribution in [0.25, 0.3) is 0 Å².